The molecule has 2 aromatic heterocycles. The van der Waals surface area contributed by atoms with E-state index in [0.717, 1.165) is 35.3 Å². The van der Waals surface area contributed by atoms with E-state index in [4.69, 9.17) is 11.1 Å². The Bertz CT molecular complexity index is 1120. The molecule has 0 unspecified atom stereocenters. The summed E-state index contributed by atoms with van der Waals surface area (Å²) in [5.74, 6) is -0.0203. The normalized spacial score (nSPS) is 12.6. The lowest BCUT2D eigenvalue weighted by Crippen LogP contribution is -2.32. The van der Waals surface area contributed by atoms with E-state index in [1.165, 1.54) is 0 Å². The first-order chi connectivity index (χ1) is 14.7. The van der Waals surface area contributed by atoms with Crippen molar-refractivity contribution < 1.29 is 0 Å². The Kier molecular flexibility index (Phi) is 6.60. The lowest BCUT2D eigenvalue weighted by molar-refractivity contribution is 0.574. The highest BCUT2D eigenvalue weighted by Crippen LogP contribution is 2.24. The Balaban J connectivity index is 1.76. The second-order valence-corrected chi connectivity index (χ2v) is 8.58. The van der Waals surface area contributed by atoms with Gasteiger partial charge in [0.1, 0.15) is 5.65 Å². The molecule has 0 saturated carbocycles. The molecule has 0 amide bonds. The molecular weight excluding hydrogens is 390 g/mol. The Morgan fingerprint density at radius 2 is 2.03 bits per heavy atom. The molecule has 6 N–H and O–H groups in total. The van der Waals surface area contributed by atoms with Gasteiger partial charge in [-0.1, -0.05) is 39.0 Å². The number of rotatable bonds is 8. The van der Waals surface area contributed by atoms with Crippen LogP contribution in [0.4, 0.5) is 0 Å². The van der Waals surface area contributed by atoms with Gasteiger partial charge in [-0.15, -0.1) is 6.58 Å². The minimum Gasteiger partial charge on any atom is -0.370 e. The third-order valence-corrected chi connectivity index (χ3v) is 5.12. The predicted octanol–water partition coefficient (Wildman–Crippen LogP) is 2.70. The molecular formula is C23H31N7O. The van der Waals surface area contributed by atoms with Crippen molar-refractivity contribution in [2.45, 2.75) is 38.6 Å². The zero-order valence-corrected chi connectivity index (χ0v) is 18.3. The fraction of sp³-hybridized carbons (Fsp3) is 0.348. The van der Waals surface area contributed by atoms with E-state index >= 15 is 0 Å². The highest BCUT2D eigenvalue weighted by Gasteiger charge is 2.17. The van der Waals surface area contributed by atoms with Gasteiger partial charge in [0.25, 0.3) is 0 Å². The van der Waals surface area contributed by atoms with Gasteiger partial charge in [-0.25, -0.2) is 4.79 Å². The average molecular weight is 422 g/mol. The van der Waals surface area contributed by atoms with Crippen molar-refractivity contribution in [3.05, 3.63) is 70.9 Å². The van der Waals surface area contributed by atoms with Crippen LogP contribution in [0.25, 0.3) is 16.7 Å². The molecule has 164 valence electrons. The first-order valence-electron chi connectivity index (χ1n) is 10.4. The van der Waals surface area contributed by atoms with Crippen molar-refractivity contribution in [1.29, 1.82) is 5.41 Å². The van der Waals surface area contributed by atoms with Crippen LogP contribution in [0.2, 0.25) is 0 Å². The number of benzene rings is 1. The van der Waals surface area contributed by atoms with Crippen LogP contribution in [0.1, 0.15) is 44.5 Å². The van der Waals surface area contributed by atoms with E-state index < -0.39 is 0 Å². The molecule has 31 heavy (non-hydrogen) atoms. The van der Waals surface area contributed by atoms with Crippen molar-refractivity contribution in [2.75, 3.05) is 13.1 Å². The maximum Gasteiger partial charge on any atom is 0.354 e. The summed E-state index contributed by atoms with van der Waals surface area (Å²) in [6.07, 6.45) is 4.51. The molecule has 0 radical (unpaired) electrons. The number of hydrogen-bond donors (Lipinski definition) is 5. The maximum absolute atomic E-state index is 12.6. The van der Waals surface area contributed by atoms with Gasteiger partial charge in [0.15, 0.2) is 5.96 Å². The van der Waals surface area contributed by atoms with Crippen LogP contribution in [0, 0.1) is 5.41 Å². The van der Waals surface area contributed by atoms with Crippen LogP contribution in [-0.4, -0.2) is 33.6 Å². The number of nitrogens with one attached hydrogen (secondary N) is 4. The number of guanidine groups is 1. The molecule has 3 aromatic rings. The predicted molar refractivity (Wildman–Crippen MR) is 126 cm³/mol. The van der Waals surface area contributed by atoms with Crippen molar-refractivity contribution in [1.82, 2.24) is 25.2 Å². The van der Waals surface area contributed by atoms with Gasteiger partial charge in [0.2, 0.25) is 0 Å². The van der Waals surface area contributed by atoms with Crippen molar-refractivity contribution in [3.63, 3.8) is 0 Å². The van der Waals surface area contributed by atoms with E-state index in [9.17, 15) is 4.79 Å². The summed E-state index contributed by atoms with van der Waals surface area (Å²) in [5.41, 5.74) is 8.37. The number of fused-ring (bicyclic) bond motifs is 1. The molecule has 0 aliphatic carbocycles. The Morgan fingerprint density at radius 3 is 2.65 bits per heavy atom. The molecule has 2 heterocycles. The number of aromatic nitrogens is 3. The molecule has 0 bridgehead atoms. The minimum atomic E-state index is -0.320. The SMILES string of the molecule is C=C[C@@H](NCCCNC(=N)N)c1ccc(-n2cc3cc(C(C)(C)C)[nH]c3nc2=O)cc1. The molecule has 1 aromatic carbocycles. The molecule has 8 nitrogen and oxygen atoms in total. The zero-order chi connectivity index (χ0) is 22.6. The highest BCUT2D eigenvalue weighted by atomic mass is 16.1. The second kappa shape index (κ2) is 9.18. The van der Waals surface area contributed by atoms with Crippen molar-refractivity contribution in [2.24, 2.45) is 5.73 Å². The van der Waals surface area contributed by atoms with Crippen LogP contribution in [-0.2, 0) is 5.41 Å². The average Bonchev–Trinajstić information content (AvgIpc) is 3.13. The van der Waals surface area contributed by atoms with Crippen LogP contribution in [0.5, 0.6) is 0 Å². The number of nitrogens with two attached hydrogens (primary N) is 1. The first kappa shape index (κ1) is 22.3. The molecule has 0 aliphatic heterocycles. The smallest absolute Gasteiger partial charge is 0.354 e. The third kappa shape index (κ3) is 5.40. The van der Waals surface area contributed by atoms with Gasteiger partial charge in [-0.2, -0.15) is 4.98 Å². The lowest BCUT2D eigenvalue weighted by Gasteiger charge is -2.16. The Morgan fingerprint density at radius 1 is 1.32 bits per heavy atom. The summed E-state index contributed by atoms with van der Waals surface area (Å²) in [4.78, 5) is 20.1. The largest absolute Gasteiger partial charge is 0.370 e. The molecule has 0 spiro atoms. The molecule has 0 aliphatic rings. The van der Waals surface area contributed by atoms with Crippen molar-refractivity contribution in [3.8, 4) is 5.69 Å². The number of nitrogens with zero attached hydrogens (tertiary/aromatic N) is 2. The molecule has 3 rings (SSSR count). The number of H-pyrrole nitrogens is 1. The van der Waals surface area contributed by atoms with E-state index in [1.54, 1.807) is 4.57 Å². The summed E-state index contributed by atoms with van der Waals surface area (Å²) in [6.45, 7) is 11.7. The van der Waals surface area contributed by atoms with Gasteiger partial charge in [-0.05, 0) is 36.7 Å². The van der Waals surface area contributed by atoms with Crippen LogP contribution in [0.15, 0.2) is 54.0 Å². The van der Waals surface area contributed by atoms with Crippen LogP contribution >= 0.6 is 0 Å². The molecule has 0 saturated heterocycles. The second-order valence-electron chi connectivity index (χ2n) is 8.58. The third-order valence-electron chi connectivity index (χ3n) is 5.12. The summed E-state index contributed by atoms with van der Waals surface area (Å²) in [5, 5.41) is 14.3. The Hall–Kier alpha value is -3.39. The van der Waals surface area contributed by atoms with E-state index in [1.807, 2.05) is 42.6 Å². The quantitative estimate of drug-likeness (QED) is 0.166. The van der Waals surface area contributed by atoms with E-state index in [0.29, 0.717) is 12.2 Å². The van der Waals surface area contributed by atoms with E-state index in [-0.39, 0.29) is 23.1 Å². The monoisotopic (exact) mass is 421 g/mol. The summed E-state index contributed by atoms with van der Waals surface area (Å²) in [6, 6.07) is 9.83. The van der Waals surface area contributed by atoms with Gasteiger partial charge in [0, 0.05) is 29.2 Å². The maximum atomic E-state index is 12.6. The standard InChI is InChI=1S/C23H31N7O/c1-5-18(26-11-6-12-27-21(24)25)15-7-9-17(10-8-15)30-14-16-13-19(23(2,3)4)28-20(16)29-22(30)31/h5,7-10,13-14,18,26H,1,6,11-12H2,2-4H3,(H4,24,25,27)(H,28,29,31)/t18-/m1/s1. The van der Waals surface area contributed by atoms with E-state index in [2.05, 4.69) is 48.0 Å². The van der Waals surface area contributed by atoms with Gasteiger partial charge in [-0.3, -0.25) is 9.98 Å². The molecule has 8 heteroatoms. The van der Waals surface area contributed by atoms with Gasteiger partial charge in [0.05, 0.1) is 11.7 Å². The van der Waals surface area contributed by atoms with Gasteiger partial charge >= 0.3 is 5.69 Å². The van der Waals surface area contributed by atoms with Crippen LogP contribution in [0.3, 0.4) is 0 Å². The van der Waals surface area contributed by atoms with Gasteiger partial charge < -0.3 is 21.4 Å². The fourth-order valence-corrected chi connectivity index (χ4v) is 3.33. The zero-order valence-electron chi connectivity index (χ0n) is 18.3. The first-order valence-corrected chi connectivity index (χ1v) is 10.4. The Labute approximate surface area is 182 Å². The number of hydrogen-bond acceptors (Lipinski definition) is 4. The summed E-state index contributed by atoms with van der Waals surface area (Å²) < 4.78 is 1.57. The lowest BCUT2D eigenvalue weighted by atomic mass is 9.92. The molecule has 1 atom stereocenters. The minimum absolute atomic E-state index is 0.0114. The fourth-order valence-electron chi connectivity index (χ4n) is 3.33. The van der Waals surface area contributed by atoms with Crippen molar-refractivity contribution >= 4 is 17.0 Å². The highest BCUT2D eigenvalue weighted by molar-refractivity contribution is 5.76. The topological polar surface area (TPSA) is 125 Å². The molecule has 0 fully saturated rings. The number of aromatic amines is 1. The van der Waals surface area contributed by atoms with Crippen LogP contribution < -0.4 is 22.1 Å². The summed E-state index contributed by atoms with van der Waals surface area (Å²) in [7, 11) is 0. The summed E-state index contributed by atoms with van der Waals surface area (Å²) >= 11 is 0.